The van der Waals surface area contributed by atoms with Crippen LogP contribution in [0.15, 0.2) is 58.5 Å². The maximum Gasteiger partial charge on any atom is 0.405 e. The summed E-state index contributed by atoms with van der Waals surface area (Å²) in [4.78, 5) is 24.5. The van der Waals surface area contributed by atoms with Gasteiger partial charge in [-0.15, -0.1) is 0 Å². The van der Waals surface area contributed by atoms with E-state index in [-0.39, 0.29) is 17.3 Å². The summed E-state index contributed by atoms with van der Waals surface area (Å²) in [5.41, 5.74) is 13.0. The molecule has 0 aromatic rings. The molecule has 8 atom stereocenters. The molecular formula is C28H43N3O8. The molecule has 1 aliphatic heterocycles. The van der Waals surface area contributed by atoms with Gasteiger partial charge in [-0.3, -0.25) is 4.79 Å². The Morgan fingerprint density at radius 3 is 2.36 bits per heavy atom. The van der Waals surface area contributed by atoms with Crippen LogP contribution in [0.25, 0.3) is 0 Å². The van der Waals surface area contributed by atoms with Gasteiger partial charge in [-0.2, -0.15) is 0 Å². The highest BCUT2D eigenvalue weighted by atomic mass is 16.6. The molecule has 2 aliphatic rings. The lowest BCUT2D eigenvalue weighted by Gasteiger charge is -2.32. The minimum absolute atomic E-state index is 0.121. The first-order chi connectivity index (χ1) is 18.3. The molecule has 2 unspecified atom stereocenters. The van der Waals surface area contributed by atoms with Gasteiger partial charge < -0.3 is 46.3 Å². The van der Waals surface area contributed by atoms with Gasteiger partial charge in [0.2, 0.25) is 0 Å². The normalized spacial score (nSPS) is 37.1. The lowest BCUT2D eigenvalue weighted by atomic mass is 9.84. The van der Waals surface area contributed by atoms with Gasteiger partial charge >= 0.3 is 6.09 Å². The highest BCUT2D eigenvalue weighted by Gasteiger charge is 2.32. The zero-order valence-corrected chi connectivity index (χ0v) is 23.5. The van der Waals surface area contributed by atoms with E-state index in [1.807, 2.05) is 13.8 Å². The molecule has 218 valence electrons. The molecule has 0 aromatic carbocycles. The van der Waals surface area contributed by atoms with Crippen LogP contribution in [0.2, 0.25) is 0 Å². The van der Waals surface area contributed by atoms with Crippen molar-refractivity contribution in [1.82, 2.24) is 5.32 Å². The van der Waals surface area contributed by atoms with E-state index >= 15 is 0 Å². The number of nitrogens with two attached hydrogens (primary N) is 2. The van der Waals surface area contributed by atoms with Gasteiger partial charge in [0.15, 0.2) is 6.10 Å². The Labute approximate surface area is 229 Å². The smallest absolute Gasteiger partial charge is 0.405 e. The van der Waals surface area contributed by atoms with Crippen molar-refractivity contribution in [2.24, 2.45) is 23.3 Å². The zero-order chi connectivity index (χ0) is 29.4. The van der Waals surface area contributed by atoms with Gasteiger partial charge in [-0.1, -0.05) is 38.2 Å². The number of aliphatic hydroxyl groups is 3. The van der Waals surface area contributed by atoms with Crippen molar-refractivity contribution < 1.29 is 39.1 Å². The Balaban J connectivity index is 2.56. The number of nitrogens with one attached hydrogen (secondary N) is 1. The van der Waals surface area contributed by atoms with Crippen molar-refractivity contribution in [2.75, 3.05) is 14.2 Å². The van der Waals surface area contributed by atoms with Crippen molar-refractivity contribution in [3.63, 3.8) is 0 Å². The summed E-state index contributed by atoms with van der Waals surface area (Å²) in [6, 6.07) is 0. The predicted octanol–water partition coefficient (Wildman–Crippen LogP) is 1.30. The van der Waals surface area contributed by atoms with Crippen molar-refractivity contribution in [1.29, 1.82) is 0 Å². The number of ether oxygens (including phenoxy) is 3. The summed E-state index contributed by atoms with van der Waals surface area (Å²) in [6.45, 7) is 7.06. The summed E-state index contributed by atoms with van der Waals surface area (Å²) in [6.07, 6.45) is 1.98. The monoisotopic (exact) mass is 549 g/mol. The Hall–Kier alpha value is -2.96. The number of hydrogen-bond acceptors (Lipinski definition) is 9. The van der Waals surface area contributed by atoms with Crippen LogP contribution >= 0.6 is 0 Å². The van der Waals surface area contributed by atoms with Gasteiger partial charge in [-0.05, 0) is 49.8 Å². The van der Waals surface area contributed by atoms with Crippen LogP contribution in [0.3, 0.4) is 0 Å². The molecule has 0 radical (unpaired) electrons. The number of carbonyl (C=O) groups is 2. The summed E-state index contributed by atoms with van der Waals surface area (Å²) in [5.74, 6) is -1.02. The molecule has 2 bridgehead atoms. The zero-order valence-electron chi connectivity index (χ0n) is 23.5. The number of rotatable bonds is 3. The maximum absolute atomic E-state index is 12.9. The first kappa shape index (κ1) is 32.3. The van der Waals surface area contributed by atoms with Gasteiger partial charge in [0.05, 0.1) is 12.2 Å². The molecule has 8 N–H and O–H groups in total. The van der Waals surface area contributed by atoms with Crippen LogP contribution in [-0.2, 0) is 19.0 Å². The largest absolute Gasteiger partial charge is 0.439 e. The third-order valence-electron chi connectivity index (χ3n) is 7.13. The number of primary amides is 1. The minimum Gasteiger partial charge on any atom is -0.439 e. The van der Waals surface area contributed by atoms with E-state index in [1.165, 1.54) is 26.4 Å². The molecule has 2 amide bonds. The highest BCUT2D eigenvalue weighted by molar-refractivity contribution is 5.94. The number of methoxy groups -OCH3 is 2. The summed E-state index contributed by atoms with van der Waals surface area (Å²) in [5, 5.41) is 35.3. The van der Waals surface area contributed by atoms with Crippen molar-refractivity contribution in [2.45, 2.75) is 77.2 Å². The third-order valence-corrected chi connectivity index (χ3v) is 7.13. The van der Waals surface area contributed by atoms with Crippen molar-refractivity contribution in [3.8, 4) is 0 Å². The first-order valence-corrected chi connectivity index (χ1v) is 12.9. The van der Waals surface area contributed by atoms with E-state index in [4.69, 9.17) is 25.7 Å². The van der Waals surface area contributed by atoms with Gasteiger partial charge in [0.25, 0.3) is 5.91 Å². The molecule has 1 heterocycles. The summed E-state index contributed by atoms with van der Waals surface area (Å²) in [7, 11) is 2.95. The molecule has 0 spiro atoms. The van der Waals surface area contributed by atoms with Crippen LogP contribution in [0, 0.1) is 11.8 Å². The molecule has 11 heteroatoms. The second-order valence-corrected chi connectivity index (χ2v) is 10.3. The number of aliphatic hydroxyl groups excluding tert-OH is 3. The van der Waals surface area contributed by atoms with Crippen LogP contribution in [-0.4, -0.2) is 78.2 Å². The molecule has 0 aromatic heterocycles. The number of fused-ring (bicyclic) bond motifs is 2. The summed E-state index contributed by atoms with van der Waals surface area (Å²) >= 11 is 0. The standard InChI is InChI=1S/C28H43N3O8/c1-14-10-18-23(29)20(32)13-19(25(18)34)31-27(35)15(2)8-7-9-21(37-5)26(39-28(30)36)17(4)12-16(3)24(33)22(11-14)38-6/h7-9,12-14,16,20-22,24-26,32-34H,10-11,29H2,1-6H3,(H2,30,36)(H,31,35)/b9-7-,15-8+,17-12+/t14-,16+,20?,21+,22+,24-,25?,26+/m1/s1. The second kappa shape index (κ2) is 14.4. The van der Waals surface area contributed by atoms with Crippen molar-refractivity contribution >= 4 is 12.0 Å². The van der Waals surface area contributed by atoms with E-state index < -0.39 is 54.5 Å². The van der Waals surface area contributed by atoms with E-state index in [9.17, 15) is 24.9 Å². The highest BCUT2D eigenvalue weighted by Crippen LogP contribution is 2.30. The lowest BCUT2D eigenvalue weighted by Crippen LogP contribution is -2.39. The Kier molecular flexibility index (Phi) is 11.9. The fourth-order valence-electron chi connectivity index (χ4n) is 4.87. The Morgan fingerprint density at radius 1 is 1.10 bits per heavy atom. The van der Waals surface area contributed by atoms with Gasteiger partial charge in [-0.25, -0.2) is 4.79 Å². The van der Waals surface area contributed by atoms with Crippen molar-refractivity contribution in [3.05, 3.63) is 58.5 Å². The van der Waals surface area contributed by atoms with Gasteiger partial charge in [0.1, 0.15) is 18.3 Å². The van der Waals surface area contributed by atoms with Gasteiger partial charge in [0, 0.05) is 37.1 Å². The van der Waals surface area contributed by atoms with E-state index in [2.05, 4.69) is 5.32 Å². The first-order valence-electron chi connectivity index (χ1n) is 12.9. The molecule has 2 rings (SSSR count). The molecular weight excluding hydrogens is 506 g/mol. The summed E-state index contributed by atoms with van der Waals surface area (Å²) < 4.78 is 16.5. The topological polar surface area (TPSA) is 187 Å². The SMILES string of the molecule is CO[C@H]1/C=C\C=C(/C)C(=O)NC2=CC(O)C(N)=C(C[C@@H](C)C[C@H](OC)[C@H](O)[C@@H](C)/C=C(\C)[C@@H]1OC(N)=O)C2O. The van der Waals surface area contributed by atoms with E-state index in [1.54, 1.807) is 32.1 Å². The fraction of sp³-hybridized carbons (Fsp3) is 0.571. The predicted molar refractivity (Wildman–Crippen MR) is 146 cm³/mol. The Bertz CT molecular complexity index is 1050. The quantitative estimate of drug-likeness (QED) is 0.282. The molecule has 1 aliphatic carbocycles. The van der Waals surface area contributed by atoms with Crippen LogP contribution in [0.1, 0.15) is 40.5 Å². The minimum atomic E-state index is -1.22. The number of hydrogen-bond donors (Lipinski definition) is 6. The van der Waals surface area contributed by atoms with Crippen LogP contribution in [0.5, 0.6) is 0 Å². The maximum atomic E-state index is 12.9. The molecule has 0 saturated carbocycles. The molecule has 0 saturated heterocycles. The average Bonchev–Trinajstić information content (AvgIpc) is 2.88. The third kappa shape index (κ3) is 8.51. The number of carbonyl (C=O) groups excluding carboxylic acids is 2. The van der Waals surface area contributed by atoms with E-state index in [0.717, 1.165) is 0 Å². The molecule has 39 heavy (non-hydrogen) atoms. The number of amides is 2. The number of allylic oxidation sites excluding steroid dienone is 2. The molecule has 11 nitrogen and oxygen atoms in total. The van der Waals surface area contributed by atoms with E-state index in [0.29, 0.717) is 29.6 Å². The lowest BCUT2D eigenvalue weighted by molar-refractivity contribution is -0.117. The Morgan fingerprint density at radius 2 is 1.77 bits per heavy atom. The fourth-order valence-corrected chi connectivity index (χ4v) is 4.87. The molecule has 0 fully saturated rings. The van der Waals surface area contributed by atoms with Crippen LogP contribution in [0.4, 0.5) is 4.79 Å². The van der Waals surface area contributed by atoms with Crippen LogP contribution < -0.4 is 16.8 Å². The second-order valence-electron chi connectivity index (χ2n) is 10.3. The average molecular weight is 550 g/mol.